The van der Waals surface area contributed by atoms with Crippen LogP contribution in [0.5, 0.6) is 17.2 Å². The van der Waals surface area contributed by atoms with Crippen LogP contribution < -0.4 is 25.0 Å². The van der Waals surface area contributed by atoms with E-state index in [0.717, 1.165) is 5.56 Å². The number of halogens is 1. The minimum absolute atomic E-state index is 0.218. The zero-order valence-electron chi connectivity index (χ0n) is 19.4. The van der Waals surface area contributed by atoms with Gasteiger partial charge in [-0.05, 0) is 72.6 Å². The van der Waals surface area contributed by atoms with Crippen LogP contribution in [-0.4, -0.2) is 38.3 Å². The predicted octanol–water partition coefficient (Wildman–Crippen LogP) is 4.21. The van der Waals surface area contributed by atoms with Crippen LogP contribution in [0.1, 0.15) is 28.4 Å². The van der Waals surface area contributed by atoms with Crippen LogP contribution in [-0.2, 0) is 11.4 Å². The highest BCUT2D eigenvalue weighted by molar-refractivity contribution is 6.30. The number of methoxy groups -OCH3 is 1. The number of benzene rings is 3. The lowest BCUT2D eigenvalue weighted by Gasteiger charge is -2.11. The molecule has 0 spiro atoms. The van der Waals surface area contributed by atoms with Crippen molar-refractivity contribution in [2.24, 2.45) is 5.10 Å². The molecule has 2 N–H and O–H groups in total. The molecule has 0 saturated carbocycles. The van der Waals surface area contributed by atoms with Crippen molar-refractivity contribution in [3.8, 4) is 17.2 Å². The van der Waals surface area contributed by atoms with Crippen molar-refractivity contribution in [3.05, 3.63) is 88.4 Å². The Kier molecular flexibility index (Phi) is 9.50. The number of rotatable bonds is 11. The lowest BCUT2D eigenvalue weighted by atomic mass is 10.2. The molecule has 3 aromatic rings. The molecule has 0 aliphatic heterocycles. The van der Waals surface area contributed by atoms with Gasteiger partial charge in [-0.1, -0.05) is 23.7 Å². The van der Waals surface area contributed by atoms with Crippen LogP contribution in [0.4, 0.5) is 0 Å². The van der Waals surface area contributed by atoms with Crippen LogP contribution in [0.2, 0.25) is 5.02 Å². The number of ether oxygens (including phenoxy) is 3. The Bertz CT molecular complexity index is 1160. The smallest absolute Gasteiger partial charge is 0.259 e. The summed E-state index contributed by atoms with van der Waals surface area (Å²) >= 11 is 5.90. The van der Waals surface area contributed by atoms with Crippen molar-refractivity contribution < 1.29 is 23.8 Å². The maximum Gasteiger partial charge on any atom is 0.259 e. The molecule has 2 amide bonds. The van der Waals surface area contributed by atoms with Crippen molar-refractivity contribution in [2.75, 3.05) is 20.3 Å². The summed E-state index contributed by atoms with van der Waals surface area (Å²) in [6.45, 7) is 2.57. The summed E-state index contributed by atoms with van der Waals surface area (Å²) < 4.78 is 16.6. The Morgan fingerprint density at radius 1 is 0.971 bits per heavy atom. The maximum atomic E-state index is 12.2. The number of nitrogens with zero attached hydrogens (tertiary/aromatic N) is 1. The summed E-state index contributed by atoms with van der Waals surface area (Å²) in [6.07, 6.45) is 1.47. The van der Waals surface area contributed by atoms with Gasteiger partial charge in [0, 0.05) is 10.6 Å². The highest BCUT2D eigenvalue weighted by atomic mass is 35.5. The molecule has 8 nitrogen and oxygen atoms in total. The molecule has 9 heteroatoms. The van der Waals surface area contributed by atoms with E-state index in [1.807, 2.05) is 19.1 Å². The fourth-order valence-corrected chi connectivity index (χ4v) is 3.10. The second-order valence-electron chi connectivity index (χ2n) is 7.26. The topological polar surface area (TPSA) is 98.2 Å². The molecule has 0 aromatic heterocycles. The normalized spacial score (nSPS) is 10.6. The third-order valence-electron chi connectivity index (χ3n) is 4.74. The summed E-state index contributed by atoms with van der Waals surface area (Å²) in [5, 5.41) is 7.14. The van der Waals surface area contributed by atoms with E-state index >= 15 is 0 Å². The molecule has 3 aromatic carbocycles. The average molecular weight is 496 g/mol. The molecule has 3 rings (SSSR count). The Morgan fingerprint density at radius 3 is 2.40 bits per heavy atom. The molecule has 182 valence electrons. The molecule has 0 unspecified atom stereocenters. The van der Waals surface area contributed by atoms with Gasteiger partial charge in [-0.25, -0.2) is 5.43 Å². The van der Waals surface area contributed by atoms with Gasteiger partial charge in [-0.3, -0.25) is 9.59 Å². The number of hydrazone groups is 1. The summed E-state index contributed by atoms with van der Waals surface area (Å²) in [7, 11) is 1.54. The van der Waals surface area contributed by atoms with Gasteiger partial charge in [0.1, 0.15) is 12.4 Å². The van der Waals surface area contributed by atoms with E-state index in [1.54, 1.807) is 61.7 Å². The molecule has 0 radical (unpaired) electrons. The molecule has 35 heavy (non-hydrogen) atoms. The number of hydrogen-bond donors (Lipinski definition) is 2. The van der Waals surface area contributed by atoms with Gasteiger partial charge in [-0.2, -0.15) is 5.10 Å². The Balaban J connectivity index is 1.47. The SMILES string of the molecule is CCOc1ccc(C(=O)NCC(=O)NN=Cc2ccc(OCc3ccc(Cl)cc3)c(OC)c2)cc1. The molecular formula is C26H26ClN3O5. The van der Waals surface area contributed by atoms with Gasteiger partial charge >= 0.3 is 0 Å². The summed E-state index contributed by atoms with van der Waals surface area (Å²) in [4.78, 5) is 24.2. The van der Waals surface area contributed by atoms with E-state index in [0.29, 0.717) is 46.6 Å². The van der Waals surface area contributed by atoms with E-state index in [9.17, 15) is 9.59 Å². The number of carbonyl (C=O) groups excluding carboxylic acids is 2. The van der Waals surface area contributed by atoms with E-state index in [2.05, 4.69) is 15.8 Å². The fraction of sp³-hybridized carbons (Fsp3) is 0.192. The van der Waals surface area contributed by atoms with Crippen LogP contribution in [0, 0.1) is 0 Å². The van der Waals surface area contributed by atoms with Crippen LogP contribution in [0.15, 0.2) is 71.8 Å². The number of amides is 2. The minimum Gasteiger partial charge on any atom is -0.494 e. The van der Waals surface area contributed by atoms with Crippen LogP contribution in [0.25, 0.3) is 0 Å². The second-order valence-corrected chi connectivity index (χ2v) is 7.70. The minimum atomic E-state index is -0.463. The molecular weight excluding hydrogens is 470 g/mol. The number of hydrogen-bond acceptors (Lipinski definition) is 6. The van der Waals surface area contributed by atoms with Crippen molar-refractivity contribution >= 4 is 29.6 Å². The highest BCUT2D eigenvalue weighted by Crippen LogP contribution is 2.28. The third kappa shape index (κ3) is 8.04. The van der Waals surface area contributed by atoms with Crippen molar-refractivity contribution in [2.45, 2.75) is 13.5 Å². The molecule has 0 aliphatic carbocycles. The Labute approximate surface area is 208 Å². The quantitative estimate of drug-likeness (QED) is 0.307. The monoisotopic (exact) mass is 495 g/mol. The molecule has 0 aliphatic rings. The molecule has 0 fully saturated rings. The first kappa shape index (κ1) is 25.6. The molecule has 0 heterocycles. The summed E-state index contributed by atoms with van der Waals surface area (Å²) in [6, 6.07) is 19.3. The fourth-order valence-electron chi connectivity index (χ4n) is 2.98. The molecule has 0 saturated heterocycles. The first-order valence-electron chi connectivity index (χ1n) is 10.9. The van der Waals surface area contributed by atoms with E-state index < -0.39 is 5.91 Å². The third-order valence-corrected chi connectivity index (χ3v) is 4.99. The lowest BCUT2D eigenvalue weighted by Crippen LogP contribution is -2.34. The van der Waals surface area contributed by atoms with E-state index in [4.69, 9.17) is 25.8 Å². The van der Waals surface area contributed by atoms with Gasteiger partial charge in [0.05, 0.1) is 26.5 Å². The number of carbonyl (C=O) groups is 2. The summed E-state index contributed by atoms with van der Waals surface area (Å²) in [5.74, 6) is 0.938. The van der Waals surface area contributed by atoms with Crippen LogP contribution >= 0.6 is 11.6 Å². The Morgan fingerprint density at radius 2 is 1.71 bits per heavy atom. The lowest BCUT2D eigenvalue weighted by molar-refractivity contribution is -0.120. The standard InChI is InChI=1S/C26H26ClN3O5/c1-3-34-22-11-7-20(8-12-22)26(32)28-16-25(31)30-29-15-19-6-13-23(24(14-19)33-2)35-17-18-4-9-21(27)10-5-18/h4-15H,3,16-17H2,1-2H3,(H,28,32)(H,30,31). The van der Waals surface area contributed by atoms with Gasteiger partial charge in [0.15, 0.2) is 11.5 Å². The maximum absolute atomic E-state index is 12.2. The highest BCUT2D eigenvalue weighted by Gasteiger charge is 2.09. The second kappa shape index (κ2) is 13.0. The Hall–Kier alpha value is -4.04. The average Bonchev–Trinajstić information content (AvgIpc) is 2.88. The zero-order valence-corrected chi connectivity index (χ0v) is 20.2. The first-order chi connectivity index (χ1) is 17.0. The van der Waals surface area contributed by atoms with Gasteiger partial charge in [0.25, 0.3) is 11.8 Å². The molecule has 0 bridgehead atoms. The van der Waals surface area contributed by atoms with Crippen molar-refractivity contribution in [1.82, 2.24) is 10.7 Å². The van der Waals surface area contributed by atoms with Gasteiger partial charge < -0.3 is 19.5 Å². The predicted molar refractivity (Wildman–Crippen MR) is 134 cm³/mol. The first-order valence-corrected chi connectivity index (χ1v) is 11.2. The zero-order chi connectivity index (χ0) is 25.0. The van der Waals surface area contributed by atoms with E-state index in [1.165, 1.54) is 6.21 Å². The van der Waals surface area contributed by atoms with Gasteiger partial charge in [0.2, 0.25) is 0 Å². The van der Waals surface area contributed by atoms with E-state index in [-0.39, 0.29) is 12.5 Å². The number of nitrogens with one attached hydrogen (secondary N) is 2. The molecule has 0 atom stereocenters. The summed E-state index contributed by atoms with van der Waals surface area (Å²) in [5.41, 5.74) is 4.47. The van der Waals surface area contributed by atoms with Crippen molar-refractivity contribution in [1.29, 1.82) is 0 Å². The van der Waals surface area contributed by atoms with Gasteiger partial charge in [-0.15, -0.1) is 0 Å². The van der Waals surface area contributed by atoms with Crippen LogP contribution in [0.3, 0.4) is 0 Å². The van der Waals surface area contributed by atoms with Crippen molar-refractivity contribution in [3.63, 3.8) is 0 Å². The largest absolute Gasteiger partial charge is 0.494 e.